The summed E-state index contributed by atoms with van der Waals surface area (Å²) in [5.74, 6) is 2.25. The molecule has 0 aliphatic carbocycles. The van der Waals surface area contributed by atoms with Gasteiger partial charge in [0.15, 0.2) is 0 Å². The molecule has 0 spiro atoms. The van der Waals surface area contributed by atoms with Crippen LogP contribution in [0.5, 0.6) is 5.75 Å². The maximum Gasteiger partial charge on any atom is 0.410 e. The van der Waals surface area contributed by atoms with E-state index in [2.05, 4.69) is 29.7 Å². The lowest BCUT2D eigenvalue weighted by atomic mass is 9.87. The molecule has 2 atom stereocenters. The number of benzene rings is 2. The summed E-state index contributed by atoms with van der Waals surface area (Å²) in [7, 11) is 1.69. The van der Waals surface area contributed by atoms with Crippen LogP contribution in [-0.4, -0.2) is 55.1 Å². The van der Waals surface area contributed by atoms with Crippen molar-refractivity contribution in [1.29, 1.82) is 0 Å². The number of ether oxygens (including phenoxy) is 2. The molecule has 2 aromatic carbocycles. The fraction of sp³-hybridized carbons (Fsp3) is 0.464. The Labute approximate surface area is 207 Å². The van der Waals surface area contributed by atoms with Crippen molar-refractivity contribution in [2.24, 2.45) is 0 Å². The van der Waals surface area contributed by atoms with Gasteiger partial charge in [0.05, 0.1) is 12.8 Å². The Bertz CT molecular complexity index is 1120. The van der Waals surface area contributed by atoms with E-state index in [4.69, 9.17) is 9.47 Å². The van der Waals surface area contributed by atoms with Crippen LogP contribution in [0.15, 0.2) is 41.8 Å². The fourth-order valence-electron chi connectivity index (χ4n) is 5.56. The number of carbonyl (C=O) groups is 1. The van der Waals surface area contributed by atoms with Crippen molar-refractivity contribution < 1.29 is 14.3 Å². The zero-order valence-corrected chi connectivity index (χ0v) is 21.4. The Morgan fingerprint density at radius 2 is 2.03 bits per heavy atom. The van der Waals surface area contributed by atoms with E-state index in [1.165, 1.54) is 28.1 Å². The molecule has 5 rings (SSSR count). The van der Waals surface area contributed by atoms with Crippen LogP contribution in [0.4, 0.5) is 10.5 Å². The highest BCUT2D eigenvalue weighted by molar-refractivity contribution is 7.99. The maximum atomic E-state index is 12.9. The second-order valence-electron chi connectivity index (χ2n) is 10.4. The Balaban J connectivity index is 1.56. The molecule has 0 N–H and O–H groups in total. The number of methoxy groups -OCH3 is 1. The molecule has 6 heteroatoms. The molecular formula is C28H34N2O3S. The minimum atomic E-state index is -0.485. The standard InChI is InChI=1S/C28H34N2O3S/c1-6-18-14-20(32-5)8-9-21(18)19-15-22-23-17-29(27(31)33-28(2,3)4)12-10-24(23)30-11-7-13-34-25(16-19)26(22)30/h6,8-9,14-16,23-24H,1,7,10-13,17H2,2-5H3/t23-,24-/m0/s1. The summed E-state index contributed by atoms with van der Waals surface area (Å²) in [5, 5.41) is 0. The van der Waals surface area contributed by atoms with Crippen LogP contribution in [0.3, 0.4) is 0 Å². The molecule has 2 aromatic rings. The van der Waals surface area contributed by atoms with E-state index in [9.17, 15) is 4.79 Å². The summed E-state index contributed by atoms with van der Waals surface area (Å²) in [5.41, 5.74) is 5.70. The van der Waals surface area contributed by atoms with Crippen LogP contribution < -0.4 is 9.64 Å². The molecule has 0 aromatic heterocycles. The topological polar surface area (TPSA) is 42.0 Å². The maximum absolute atomic E-state index is 12.9. The minimum absolute atomic E-state index is 0.201. The van der Waals surface area contributed by atoms with E-state index in [0.717, 1.165) is 42.1 Å². The third-order valence-corrected chi connectivity index (χ3v) is 8.13. The zero-order valence-electron chi connectivity index (χ0n) is 20.6. The number of piperidine rings is 1. The van der Waals surface area contributed by atoms with Crippen LogP contribution in [0, 0.1) is 0 Å². The molecule has 1 fully saturated rings. The number of hydrogen-bond donors (Lipinski definition) is 0. The van der Waals surface area contributed by atoms with Crippen molar-refractivity contribution in [3.05, 3.63) is 48.0 Å². The normalized spacial score (nSPS) is 21.4. The van der Waals surface area contributed by atoms with Gasteiger partial charge in [-0.05, 0) is 85.9 Å². The van der Waals surface area contributed by atoms with Crippen molar-refractivity contribution >= 4 is 29.6 Å². The van der Waals surface area contributed by atoms with Crippen molar-refractivity contribution in [3.63, 3.8) is 0 Å². The molecule has 3 heterocycles. The number of thioether (sulfide) groups is 1. The van der Waals surface area contributed by atoms with Crippen molar-refractivity contribution in [3.8, 4) is 16.9 Å². The summed E-state index contributed by atoms with van der Waals surface area (Å²) in [6, 6.07) is 11.3. The fourth-order valence-corrected chi connectivity index (χ4v) is 6.63. The highest BCUT2D eigenvalue weighted by Crippen LogP contribution is 2.52. The van der Waals surface area contributed by atoms with Crippen LogP contribution >= 0.6 is 11.8 Å². The quantitative estimate of drug-likeness (QED) is 0.510. The van der Waals surface area contributed by atoms with Crippen LogP contribution in [0.1, 0.15) is 50.7 Å². The van der Waals surface area contributed by atoms with Gasteiger partial charge in [0.25, 0.3) is 0 Å². The Morgan fingerprint density at radius 3 is 2.76 bits per heavy atom. The van der Waals surface area contributed by atoms with E-state index in [1.54, 1.807) is 7.11 Å². The summed E-state index contributed by atoms with van der Waals surface area (Å²) >= 11 is 1.96. The van der Waals surface area contributed by atoms with E-state index in [0.29, 0.717) is 18.5 Å². The van der Waals surface area contributed by atoms with Gasteiger partial charge < -0.3 is 19.3 Å². The molecule has 0 radical (unpaired) electrons. The number of rotatable bonds is 3. The first-order valence-corrected chi connectivity index (χ1v) is 13.1. The number of nitrogens with zero attached hydrogens (tertiary/aromatic N) is 2. The van der Waals surface area contributed by atoms with Gasteiger partial charge in [0.1, 0.15) is 11.4 Å². The Hall–Kier alpha value is -2.60. The lowest BCUT2D eigenvalue weighted by Gasteiger charge is -2.39. The molecule has 180 valence electrons. The third kappa shape index (κ3) is 4.17. The summed E-state index contributed by atoms with van der Waals surface area (Å²) < 4.78 is 11.2. The van der Waals surface area contributed by atoms with Gasteiger partial charge in [0, 0.05) is 36.5 Å². The molecule has 3 aliphatic heterocycles. The molecule has 5 nitrogen and oxygen atoms in total. The predicted octanol–water partition coefficient (Wildman–Crippen LogP) is 6.41. The first-order chi connectivity index (χ1) is 16.3. The molecule has 1 saturated heterocycles. The third-order valence-electron chi connectivity index (χ3n) is 7.01. The van der Waals surface area contributed by atoms with Gasteiger partial charge in [-0.15, -0.1) is 11.8 Å². The van der Waals surface area contributed by atoms with E-state index in [-0.39, 0.29) is 6.09 Å². The Morgan fingerprint density at radius 1 is 1.21 bits per heavy atom. The van der Waals surface area contributed by atoms with E-state index >= 15 is 0 Å². The van der Waals surface area contributed by atoms with Gasteiger partial charge in [-0.2, -0.15) is 0 Å². The molecule has 34 heavy (non-hydrogen) atoms. The molecular weight excluding hydrogens is 444 g/mol. The predicted molar refractivity (Wildman–Crippen MR) is 140 cm³/mol. The largest absolute Gasteiger partial charge is 0.497 e. The zero-order chi connectivity index (χ0) is 24.0. The number of amides is 1. The van der Waals surface area contributed by atoms with E-state index in [1.807, 2.05) is 55.6 Å². The van der Waals surface area contributed by atoms with Gasteiger partial charge in [-0.25, -0.2) is 4.79 Å². The number of anilines is 1. The minimum Gasteiger partial charge on any atom is -0.497 e. The number of hydrogen-bond acceptors (Lipinski definition) is 5. The average molecular weight is 479 g/mol. The molecule has 0 bridgehead atoms. The Kier molecular flexibility index (Phi) is 6.05. The molecule has 1 amide bonds. The van der Waals surface area contributed by atoms with Gasteiger partial charge in [-0.3, -0.25) is 0 Å². The molecule has 3 aliphatic rings. The summed E-state index contributed by atoms with van der Waals surface area (Å²) in [6.07, 6.45) is 3.84. The first-order valence-electron chi connectivity index (χ1n) is 12.1. The van der Waals surface area contributed by atoms with Crippen LogP contribution in [-0.2, 0) is 4.74 Å². The number of fused-ring (bicyclic) bond motifs is 3. The number of likely N-dealkylation sites (tertiary alicyclic amines) is 1. The highest BCUT2D eigenvalue weighted by atomic mass is 32.2. The van der Waals surface area contributed by atoms with Gasteiger partial charge in [0.2, 0.25) is 0 Å². The lowest BCUT2D eigenvalue weighted by Crippen LogP contribution is -2.49. The average Bonchev–Trinajstić information content (AvgIpc) is 2.96. The SMILES string of the molecule is C=Cc1cc(OC)ccc1-c1cc2c3c(c1)[C@@H]1CN(C(=O)OC(C)(C)C)CC[C@@H]1N3CCCS2. The van der Waals surface area contributed by atoms with Crippen molar-refractivity contribution in [2.75, 3.05) is 37.4 Å². The van der Waals surface area contributed by atoms with Gasteiger partial charge in [-0.1, -0.05) is 18.7 Å². The van der Waals surface area contributed by atoms with E-state index < -0.39 is 5.60 Å². The number of carbonyl (C=O) groups excluding carboxylic acids is 1. The molecule has 0 unspecified atom stereocenters. The van der Waals surface area contributed by atoms with Gasteiger partial charge >= 0.3 is 6.09 Å². The lowest BCUT2D eigenvalue weighted by molar-refractivity contribution is 0.0189. The van der Waals surface area contributed by atoms with Crippen LogP contribution in [0.25, 0.3) is 17.2 Å². The highest BCUT2D eigenvalue weighted by Gasteiger charge is 2.45. The summed E-state index contributed by atoms with van der Waals surface area (Å²) in [4.78, 5) is 18.8. The van der Waals surface area contributed by atoms with Crippen LogP contribution in [0.2, 0.25) is 0 Å². The second kappa shape index (κ2) is 8.88. The van der Waals surface area contributed by atoms with Crippen molar-refractivity contribution in [2.45, 2.75) is 56.1 Å². The first kappa shape index (κ1) is 23.2. The second-order valence-corrected chi connectivity index (χ2v) is 11.5. The van der Waals surface area contributed by atoms with Crippen molar-refractivity contribution in [1.82, 2.24) is 4.90 Å². The monoisotopic (exact) mass is 478 g/mol. The smallest absolute Gasteiger partial charge is 0.410 e. The summed E-state index contributed by atoms with van der Waals surface area (Å²) in [6.45, 7) is 12.4. The molecule has 0 saturated carbocycles.